The summed E-state index contributed by atoms with van der Waals surface area (Å²) in [5.41, 5.74) is 13.6. The molecule has 0 radical (unpaired) electrons. The number of benzene rings is 1. The zero-order chi connectivity index (χ0) is 25.0. The maximum absolute atomic E-state index is 13.3. The number of nitrogen functional groups attached to an aromatic ring is 1. The molecule has 1 atom stereocenters. The lowest BCUT2D eigenvalue weighted by atomic mass is 9.94. The summed E-state index contributed by atoms with van der Waals surface area (Å²) < 4.78 is 42.4. The van der Waals surface area contributed by atoms with Crippen LogP contribution in [-0.4, -0.2) is 37.6 Å². The van der Waals surface area contributed by atoms with Gasteiger partial charge < -0.3 is 20.9 Å². The van der Waals surface area contributed by atoms with E-state index in [0.29, 0.717) is 35.7 Å². The SMILES string of the molecule is Nc1ncnc2c1ncn2Cc1c(Br)cc(Cl)cc1N1CCC(N)(c2cc(C(F)(F)F)ccn2)C1. The lowest BCUT2D eigenvalue weighted by Gasteiger charge is -2.27. The highest BCUT2D eigenvalue weighted by molar-refractivity contribution is 9.10. The van der Waals surface area contributed by atoms with E-state index in [1.165, 1.54) is 6.33 Å². The summed E-state index contributed by atoms with van der Waals surface area (Å²) in [5, 5.41) is 0.504. The lowest BCUT2D eigenvalue weighted by molar-refractivity contribution is -0.137. The number of rotatable bonds is 4. The van der Waals surface area contributed by atoms with Crippen LogP contribution in [0.5, 0.6) is 0 Å². The van der Waals surface area contributed by atoms with Crippen molar-refractivity contribution < 1.29 is 13.2 Å². The number of hydrogen-bond acceptors (Lipinski definition) is 7. The molecule has 8 nitrogen and oxygen atoms in total. The third-order valence-corrected chi connectivity index (χ3v) is 7.06. The molecule has 0 spiro atoms. The highest BCUT2D eigenvalue weighted by atomic mass is 79.9. The maximum atomic E-state index is 13.3. The van der Waals surface area contributed by atoms with Crippen molar-refractivity contribution in [2.75, 3.05) is 23.7 Å². The summed E-state index contributed by atoms with van der Waals surface area (Å²) in [6, 6.07) is 5.57. The summed E-state index contributed by atoms with van der Waals surface area (Å²) >= 11 is 9.98. The van der Waals surface area contributed by atoms with Gasteiger partial charge in [-0.25, -0.2) is 15.0 Å². The van der Waals surface area contributed by atoms with Crippen molar-refractivity contribution in [3.63, 3.8) is 0 Å². The van der Waals surface area contributed by atoms with E-state index in [4.69, 9.17) is 23.1 Å². The molecule has 4 heterocycles. The monoisotopic (exact) mass is 566 g/mol. The van der Waals surface area contributed by atoms with Crippen molar-refractivity contribution in [1.29, 1.82) is 0 Å². The van der Waals surface area contributed by atoms with Gasteiger partial charge in [0.2, 0.25) is 0 Å². The standard InChI is InChI=1S/C22H19BrClF3N8/c23-15-6-13(24)7-16(14(15)8-35-11-33-18-19(28)31-10-32-20(18)35)34-4-2-21(29,9-34)17-5-12(1-3-30-17)22(25,26)27/h1,3,5-7,10-11H,2,4,8-9,29H2,(H2,28,31,32). The van der Waals surface area contributed by atoms with Gasteiger partial charge in [0.15, 0.2) is 11.5 Å². The van der Waals surface area contributed by atoms with Gasteiger partial charge in [-0.2, -0.15) is 13.2 Å². The Balaban J connectivity index is 1.50. The van der Waals surface area contributed by atoms with Crippen LogP contribution in [0, 0.1) is 0 Å². The van der Waals surface area contributed by atoms with Crippen LogP contribution in [0.2, 0.25) is 5.02 Å². The fraction of sp³-hybridized carbons (Fsp3) is 0.273. The van der Waals surface area contributed by atoms with Crippen molar-refractivity contribution in [2.45, 2.75) is 24.7 Å². The molecule has 13 heteroatoms. The topological polar surface area (TPSA) is 112 Å². The molecule has 1 aliphatic rings. The third kappa shape index (κ3) is 4.41. The molecule has 0 aliphatic carbocycles. The Morgan fingerprint density at radius 1 is 1.14 bits per heavy atom. The van der Waals surface area contributed by atoms with E-state index in [1.54, 1.807) is 12.4 Å². The number of anilines is 2. The van der Waals surface area contributed by atoms with Crippen LogP contribution in [0.3, 0.4) is 0 Å². The van der Waals surface area contributed by atoms with Crippen LogP contribution in [0.15, 0.2) is 47.6 Å². The molecule has 0 amide bonds. The predicted molar refractivity (Wildman–Crippen MR) is 130 cm³/mol. The van der Waals surface area contributed by atoms with Crippen molar-refractivity contribution in [1.82, 2.24) is 24.5 Å². The lowest BCUT2D eigenvalue weighted by Crippen LogP contribution is -2.41. The van der Waals surface area contributed by atoms with E-state index in [1.807, 2.05) is 15.5 Å². The fourth-order valence-corrected chi connectivity index (χ4v) is 5.26. The van der Waals surface area contributed by atoms with Gasteiger partial charge in [-0.15, -0.1) is 0 Å². The number of aromatic nitrogens is 5. The van der Waals surface area contributed by atoms with Gasteiger partial charge in [0.1, 0.15) is 11.8 Å². The Kier molecular flexibility index (Phi) is 5.85. The number of alkyl halides is 3. The Hall–Kier alpha value is -2.96. The normalized spacial score (nSPS) is 18.5. The number of pyridine rings is 1. The first-order valence-corrected chi connectivity index (χ1v) is 11.7. The minimum atomic E-state index is -4.47. The van der Waals surface area contributed by atoms with Crippen molar-refractivity contribution in [3.8, 4) is 0 Å². The minimum absolute atomic E-state index is 0.199. The average Bonchev–Trinajstić information content (AvgIpc) is 3.40. The number of nitrogens with zero attached hydrogens (tertiary/aromatic N) is 6. The molecule has 0 saturated carbocycles. The Morgan fingerprint density at radius 3 is 2.71 bits per heavy atom. The molecule has 1 saturated heterocycles. The van der Waals surface area contributed by atoms with E-state index < -0.39 is 17.3 Å². The largest absolute Gasteiger partial charge is 0.416 e. The molecule has 5 rings (SSSR count). The molecule has 182 valence electrons. The van der Waals surface area contributed by atoms with Crippen LogP contribution in [0.4, 0.5) is 24.7 Å². The van der Waals surface area contributed by atoms with Gasteiger partial charge in [-0.05, 0) is 30.7 Å². The molecular formula is C22H19BrClF3N8. The second kappa shape index (κ2) is 8.61. The van der Waals surface area contributed by atoms with Crippen molar-refractivity contribution in [3.05, 3.63) is 69.4 Å². The number of hydrogen-bond donors (Lipinski definition) is 2. The molecule has 35 heavy (non-hydrogen) atoms. The summed E-state index contributed by atoms with van der Waals surface area (Å²) in [7, 11) is 0. The van der Waals surface area contributed by atoms with Crippen molar-refractivity contribution >= 4 is 50.2 Å². The first kappa shape index (κ1) is 23.8. The summed E-state index contributed by atoms with van der Waals surface area (Å²) in [4.78, 5) is 18.8. The highest BCUT2D eigenvalue weighted by Crippen LogP contribution is 2.39. The Morgan fingerprint density at radius 2 is 1.94 bits per heavy atom. The number of imidazole rings is 1. The zero-order valence-electron chi connectivity index (χ0n) is 18.1. The van der Waals surface area contributed by atoms with Gasteiger partial charge >= 0.3 is 6.18 Å². The van der Waals surface area contributed by atoms with E-state index in [0.717, 1.165) is 34.1 Å². The zero-order valence-corrected chi connectivity index (χ0v) is 20.4. The molecule has 0 bridgehead atoms. The second-order valence-electron chi connectivity index (χ2n) is 8.44. The number of fused-ring (bicyclic) bond motifs is 1. The van der Waals surface area contributed by atoms with Gasteiger partial charge in [-0.1, -0.05) is 27.5 Å². The number of halogens is 5. The van der Waals surface area contributed by atoms with Crippen LogP contribution in [0.25, 0.3) is 11.2 Å². The summed E-state index contributed by atoms with van der Waals surface area (Å²) in [6.07, 6.45) is 0.0956. The molecule has 1 aliphatic heterocycles. The number of nitrogens with two attached hydrogens (primary N) is 2. The molecule has 1 aromatic carbocycles. The van der Waals surface area contributed by atoms with Crippen molar-refractivity contribution in [2.24, 2.45) is 5.73 Å². The predicted octanol–water partition coefficient (Wildman–Crippen LogP) is 4.35. The van der Waals surface area contributed by atoms with E-state index in [-0.39, 0.29) is 18.1 Å². The van der Waals surface area contributed by atoms with Crippen LogP contribution in [-0.2, 0) is 18.3 Å². The van der Waals surface area contributed by atoms with Gasteiger partial charge in [-0.3, -0.25) is 4.98 Å². The third-order valence-electron chi connectivity index (χ3n) is 6.13. The molecule has 1 unspecified atom stereocenters. The van der Waals surface area contributed by atoms with Gasteiger partial charge in [0.05, 0.1) is 29.7 Å². The molecule has 3 aromatic heterocycles. The first-order valence-electron chi connectivity index (χ1n) is 10.5. The smallest absolute Gasteiger partial charge is 0.382 e. The Bertz CT molecular complexity index is 1430. The van der Waals surface area contributed by atoms with Crippen LogP contribution in [0.1, 0.15) is 23.2 Å². The summed E-state index contributed by atoms with van der Waals surface area (Å²) in [5.74, 6) is 0.283. The van der Waals surface area contributed by atoms with E-state index in [2.05, 4.69) is 35.9 Å². The fourth-order valence-electron chi connectivity index (χ4n) is 4.34. The van der Waals surface area contributed by atoms with Crippen LogP contribution >= 0.6 is 27.5 Å². The maximum Gasteiger partial charge on any atom is 0.416 e. The first-order chi connectivity index (χ1) is 16.5. The highest BCUT2D eigenvalue weighted by Gasteiger charge is 2.40. The van der Waals surface area contributed by atoms with Crippen LogP contribution < -0.4 is 16.4 Å². The second-order valence-corrected chi connectivity index (χ2v) is 9.73. The molecular weight excluding hydrogens is 549 g/mol. The average molecular weight is 568 g/mol. The quantitative estimate of drug-likeness (QED) is 0.377. The molecule has 4 N–H and O–H groups in total. The Labute approximate surface area is 211 Å². The summed E-state index contributed by atoms with van der Waals surface area (Å²) in [6.45, 7) is 1.16. The van der Waals surface area contributed by atoms with E-state index in [9.17, 15) is 13.2 Å². The van der Waals surface area contributed by atoms with E-state index >= 15 is 0 Å². The molecule has 1 fully saturated rings. The van der Waals surface area contributed by atoms with Gasteiger partial charge in [0, 0.05) is 40.0 Å². The molecule has 4 aromatic rings. The minimum Gasteiger partial charge on any atom is -0.382 e. The van der Waals surface area contributed by atoms with Gasteiger partial charge in [0.25, 0.3) is 0 Å².